The Morgan fingerprint density at radius 2 is 1.78 bits per heavy atom. The molecule has 0 aromatic heterocycles. The van der Waals surface area contributed by atoms with Crippen LogP contribution < -0.4 is 5.32 Å². The van der Waals surface area contributed by atoms with Gasteiger partial charge in [-0.25, -0.2) is 12.8 Å². The van der Waals surface area contributed by atoms with Crippen LogP contribution in [0, 0.1) is 18.7 Å². The predicted octanol–water partition coefficient (Wildman–Crippen LogP) is 4.93. The molecule has 1 heterocycles. The summed E-state index contributed by atoms with van der Waals surface area (Å²) in [5, 5.41) is 3.32. The minimum atomic E-state index is -3.80. The van der Waals surface area contributed by atoms with E-state index in [1.807, 2.05) is 13.8 Å². The predicted molar refractivity (Wildman–Crippen MR) is 108 cm³/mol. The number of aryl methyl sites for hydroxylation is 2. The van der Waals surface area contributed by atoms with E-state index in [0.29, 0.717) is 0 Å². The van der Waals surface area contributed by atoms with E-state index in [1.165, 1.54) is 50.2 Å². The molecule has 0 spiro atoms. The summed E-state index contributed by atoms with van der Waals surface area (Å²) in [7, 11) is -3.80. The van der Waals surface area contributed by atoms with Gasteiger partial charge in [-0.05, 0) is 80.6 Å². The molecule has 1 N–H and O–H groups in total. The van der Waals surface area contributed by atoms with Gasteiger partial charge in [0, 0.05) is 0 Å². The van der Waals surface area contributed by atoms with Gasteiger partial charge in [-0.3, -0.25) is 0 Å². The molecule has 2 aromatic carbocycles. The van der Waals surface area contributed by atoms with Crippen molar-refractivity contribution in [3.8, 4) is 0 Å². The Balaban J connectivity index is 0.000000313. The molecule has 1 saturated heterocycles. The molecule has 1 fully saturated rings. The van der Waals surface area contributed by atoms with Gasteiger partial charge in [0.05, 0.1) is 4.90 Å². The Morgan fingerprint density at radius 1 is 1.11 bits per heavy atom. The van der Waals surface area contributed by atoms with Crippen molar-refractivity contribution in [1.29, 1.82) is 0 Å². The van der Waals surface area contributed by atoms with Crippen LogP contribution in [0.5, 0.6) is 0 Å². The molecule has 148 valence electrons. The highest BCUT2D eigenvalue weighted by Crippen LogP contribution is 2.25. The maximum absolute atomic E-state index is 13.7. The van der Waals surface area contributed by atoms with Crippen molar-refractivity contribution in [3.63, 3.8) is 0 Å². The Kier molecular flexibility index (Phi) is 7.99. The molecular weight excluding hydrogens is 361 g/mol. The number of benzene rings is 2. The molecule has 2 aromatic rings. The number of sulfone groups is 1. The molecule has 27 heavy (non-hydrogen) atoms. The summed E-state index contributed by atoms with van der Waals surface area (Å²) in [6.45, 7) is 8.78. The fraction of sp³-hybridized carbons (Fsp3) is 0.455. The first kappa shape index (κ1) is 21.6. The number of piperidine rings is 1. The van der Waals surface area contributed by atoms with Gasteiger partial charge < -0.3 is 5.32 Å². The van der Waals surface area contributed by atoms with Crippen molar-refractivity contribution in [3.05, 3.63) is 59.4 Å². The van der Waals surface area contributed by atoms with Crippen LogP contribution in [-0.4, -0.2) is 21.5 Å². The van der Waals surface area contributed by atoms with E-state index < -0.39 is 15.7 Å². The first-order valence-electron chi connectivity index (χ1n) is 9.66. The van der Waals surface area contributed by atoms with Crippen LogP contribution in [0.25, 0.3) is 0 Å². The third-order valence-corrected chi connectivity index (χ3v) is 6.69. The number of hydrogen-bond acceptors (Lipinski definition) is 3. The van der Waals surface area contributed by atoms with Gasteiger partial charge in [0.15, 0.2) is 0 Å². The summed E-state index contributed by atoms with van der Waals surface area (Å²) in [4.78, 5) is -0.122. The molecule has 0 saturated carbocycles. The maximum Gasteiger partial charge on any atom is 0.209 e. The van der Waals surface area contributed by atoms with Gasteiger partial charge in [0.25, 0.3) is 0 Å². The van der Waals surface area contributed by atoms with E-state index in [0.717, 1.165) is 36.0 Å². The zero-order valence-corrected chi connectivity index (χ0v) is 17.3. The Hall–Kier alpha value is -1.72. The fourth-order valence-corrected chi connectivity index (χ4v) is 4.49. The van der Waals surface area contributed by atoms with Crippen molar-refractivity contribution < 1.29 is 12.8 Å². The molecule has 3 rings (SSSR count). The molecular formula is C22H30FNO2S. The lowest BCUT2D eigenvalue weighted by Gasteiger charge is -2.17. The van der Waals surface area contributed by atoms with E-state index in [2.05, 4.69) is 12.2 Å². The SMILES string of the molecule is CC1CCNCC1.CCCc1cc(S(=O)(=O)c2ccccc2F)ccc1C. The van der Waals surface area contributed by atoms with Crippen molar-refractivity contribution >= 4 is 9.84 Å². The molecule has 1 aliphatic rings. The second-order valence-corrected chi connectivity index (χ2v) is 9.12. The lowest BCUT2D eigenvalue weighted by molar-refractivity contribution is 0.402. The molecule has 3 nitrogen and oxygen atoms in total. The normalized spacial score (nSPS) is 15.1. The van der Waals surface area contributed by atoms with Gasteiger partial charge in [0.2, 0.25) is 9.84 Å². The number of rotatable bonds is 4. The van der Waals surface area contributed by atoms with E-state index >= 15 is 0 Å². The fourth-order valence-electron chi connectivity index (χ4n) is 3.11. The van der Waals surface area contributed by atoms with Crippen molar-refractivity contribution in [1.82, 2.24) is 5.32 Å². The first-order valence-corrected chi connectivity index (χ1v) is 11.1. The van der Waals surface area contributed by atoms with Gasteiger partial charge in [-0.15, -0.1) is 0 Å². The Bertz CT molecular complexity index is 843. The molecule has 5 heteroatoms. The topological polar surface area (TPSA) is 46.2 Å². The van der Waals surface area contributed by atoms with Gasteiger partial charge in [-0.1, -0.05) is 38.5 Å². The smallest absolute Gasteiger partial charge is 0.209 e. The third-order valence-electron chi connectivity index (χ3n) is 4.90. The van der Waals surface area contributed by atoms with Gasteiger partial charge >= 0.3 is 0 Å². The summed E-state index contributed by atoms with van der Waals surface area (Å²) >= 11 is 0. The second kappa shape index (κ2) is 10.00. The van der Waals surface area contributed by atoms with E-state index in [9.17, 15) is 12.8 Å². The molecule has 0 radical (unpaired) electrons. The van der Waals surface area contributed by atoms with Crippen molar-refractivity contribution in [2.75, 3.05) is 13.1 Å². The highest BCUT2D eigenvalue weighted by atomic mass is 32.2. The third kappa shape index (κ3) is 5.88. The quantitative estimate of drug-likeness (QED) is 0.804. The summed E-state index contributed by atoms with van der Waals surface area (Å²) in [6.07, 6.45) is 4.50. The Morgan fingerprint density at radius 3 is 2.33 bits per heavy atom. The van der Waals surface area contributed by atoms with Gasteiger partial charge in [0.1, 0.15) is 10.7 Å². The molecule has 0 bridgehead atoms. The van der Waals surface area contributed by atoms with Crippen LogP contribution >= 0.6 is 0 Å². The molecule has 1 aliphatic heterocycles. The lowest BCUT2D eigenvalue weighted by atomic mass is 10.0. The lowest BCUT2D eigenvalue weighted by Crippen LogP contribution is -2.26. The summed E-state index contributed by atoms with van der Waals surface area (Å²) in [5.41, 5.74) is 2.05. The average molecular weight is 392 g/mol. The van der Waals surface area contributed by atoms with E-state index in [-0.39, 0.29) is 9.79 Å². The zero-order chi connectivity index (χ0) is 19.9. The molecule has 0 amide bonds. The van der Waals surface area contributed by atoms with Gasteiger partial charge in [-0.2, -0.15) is 0 Å². The van der Waals surface area contributed by atoms with Crippen LogP contribution in [0.1, 0.15) is 44.2 Å². The van der Waals surface area contributed by atoms with Crippen molar-refractivity contribution in [2.24, 2.45) is 5.92 Å². The van der Waals surface area contributed by atoms with Crippen LogP contribution in [0.3, 0.4) is 0 Å². The Labute approximate surface area is 162 Å². The summed E-state index contributed by atoms with van der Waals surface area (Å²) < 4.78 is 38.7. The second-order valence-electron chi connectivity index (χ2n) is 7.20. The zero-order valence-electron chi connectivity index (χ0n) is 16.5. The highest BCUT2D eigenvalue weighted by Gasteiger charge is 2.21. The highest BCUT2D eigenvalue weighted by molar-refractivity contribution is 7.91. The van der Waals surface area contributed by atoms with Crippen LogP contribution in [0.4, 0.5) is 4.39 Å². The standard InChI is InChI=1S/C16H17FO2S.C6H13N/c1-3-6-13-11-14(10-9-12(13)2)20(18,19)16-8-5-4-7-15(16)17;1-6-2-4-7-5-3-6/h4-5,7-11H,3,6H2,1-2H3;6-7H,2-5H2,1H3. The van der Waals surface area contributed by atoms with Crippen LogP contribution in [0.2, 0.25) is 0 Å². The van der Waals surface area contributed by atoms with E-state index in [4.69, 9.17) is 0 Å². The monoisotopic (exact) mass is 391 g/mol. The minimum Gasteiger partial charge on any atom is -0.317 e. The number of halogens is 1. The minimum absolute atomic E-state index is 0.150. The maximum atomic E-state index is 13.7. The first-order chi connectivity index (χ1) is 12.9. The van der Waals surface area contributed by atoms with Crippen LogP contribution in [-0.2, 0) is 16.3 Å². The summed E-state index contributed by atoms with van der Waals surface area (Å²) in [6, 6.07) is 10.4. The van der Waals surface area contributed by atoms with E-state index in [1.54, 1.807) is 12.1 Å². The number of hydrogen-bond donors (Lipinski definition) is 1. The average Bonchev–Trinajstić information content (AvgIpc) is 2.65. The van der Waals surface area contributed by atoms with Crippen molar-refractivity contribution in [2.45, 2.75) is 56.2 Å². The number of nitrogens with one attached hydrogen (secondary N) is 1. The molecule has 0 atom stereocenters. The van der Waals surface area contributed by atoms with Crippen LogP contribution in [0.15, 0.2) is 52.3 Å². The molecule has 0 unspecified atom stereocenters. The largest absolute Gasteiger partial charge is 0.317 e. The molecule has 0 aliphatic carbocycles. The summed E-state index contributed by atoms with van der Waals surface area (Å²) in [5.74, 6) is 0.256.